The molecular formula is C20H17F2N3O5. The molecule has 3 atom stereocenters. The summed E-state index contributed by atoms with van der Waals surface area (Å²) in [5.41, 5.74) is -0.777. The minimum absolute atomic E-state index is 0.130. The van der Waals surface area contributed by atoms with Gasteiger partial charge in [0, 0.05) is 11.8 Å². The number of carbonyl (C=O) groups excluding carboxylic acids is 1. The zero-order valence-electron chi connectivity index (χ0n) is 15.4. The Kier molecular flexibility index (Phi) is 5.06. The number of hydrogen-bond donors (Lipinski definition) is 3. The summed E-state index contributed by atoms with van der Waals surface area (Å²) in [6.07, 6.45) is -4.96. The molecule has 2 heterocycles. The predicted octanol–water partition coefficient (Wildman–Crippen LogP) is 1.53. The first-order valence-electron chi connectivity index (χ1n) is 9.03. The van der Waals surface area contributed by atoms with Gasteiger partial charge in [-0.1, -0.05) is 30.3 Å². The molecule has 1 aliphatic heterocycles. The fourth-order valence-electron chi connectivity index (χ4n) is 3.30. The lowest BCUT2D eigenvalue weighted by Gasteiger charge is -2.21. The molecule has 30 heavy (non-hydrogen) atoms. The highest BCUT2D eigenvalue weighted by Gasteiger charge is 2.59. The summed E-state index contributed by atoms with van der Waals surface area (Å²) in [6.45, 7) is -0.838. The third-order valence-corrected chi connectivity index (χ3v) is 4.90. The minimum atomic E-state index is -3.81. The second-order valence-electron chi connectivity index (χ2n) is 6.85. The van der Waals surface area contributed by atoms with Gasteiger partial charge >= 0.3 is 11.6 Å². The number of rotatable bonds is 4. The van der Waals surface area contributed by atoms with E-state index in [2.05, 4.69) is 10.3 Å². The molecule has 4 rings (SSSR count). The lowest BCUT2D eigenvalue weighted by molar-refractivity contribution is -0.140. The van der Waals surface area contributed by atoms with Crippen LogP contribution in [0.1, 0.15) is 16.6 Å². The van der Waals surface area contributed by atoms with Crippen molar-refractivity contribution in [3.8, 4) is 0 Å². The Hall–Kier alpha value is -3.21. The molecule has 1 aromatic heterocycles. The van der Waals surface area contributed by atoms with E-state index in [1.165, 1.54) is 6.07 Å². The number of benzene rings is 2. The molecule has 10 heteroatoms. The highest BCUT2D eigenvalue weighted by molar-refractivity contribution is 6.06. The Bertz CT molecular complexity index is 1170. The van der Waals surface area contributed by atoms with Crippen LogP contribution in [0.15, 0.2) is 59.5 Å². The van der Waals surface area contributed by atoms with Gasteiger partial charge in [-0.2, -0.15) is 13.8 Å². The van der Waals surface area contributed by atoms with Crippen LogP contribution in [0.25, 0.3) is 10.8 Å². The number of fused-ring (bicyclic) bond motifs is 1. The first kappa shape index (κ1) is 20.1. The van der Waals surface area contributed by atoms with Crippen LogP contribution in [0.3, 0.4) is 0 Å². The molecule has 2 aromatic carbocycles. The Labute approximate surface area is 168 Å². The van der Waals surface area contributed by atoms with Gasteiger partial charge in [-0.25, -0.2) is 4.79 Å². The lowest BCUT2D eigenvalue weighted by atomic mass is 10.1. The summed E-state index contributed by atoms with van der Waals surface area (Å²) in [5, 5.41) is 22.9. The highest BCUT2D eigenvalue weighted by atomic mass is 19.3. The van der Waals surface area contributed by atoms with Gasteiger partial charge < -0.3 is 20.3 Å². The van der Waals surface area contributed by atoms with Crippen molar-refractivity contribution in [1.82, 2.24) is 9.55 Å². The Balaban J connectivity index is 1.56. The van der Waals surface area contributed by atoms with E-state index in [1.54, 1.807) is 18.2 Å². The number of carbonyl (C=O) groups is 1. The number of anilines is 1. The number of ether oxygens (including phenoxy) is 1. The topological polar surface area (TPSA) is 114 Å². The van der Waals surface area contributed by atoms with Crippen molar-refractivity contribution in [1.29, 1.82) is 0 Å². The molecule has 0 saturated carbocycles. The number of nitrogens with one attached hydrogen (secondary N) is 1. The normalized spacial score (nSPS) is 22.9. The van der Waals surface area contributed by atoms with E-state index in [9.17, 15) is 23.5 Å². The molecule has 1 fully saturated rings. The molecule has 3 unspecified atom stereocenters. The monoisotopic (exact) mass is 417 g/mol. The maximum atomic E-state index is 14.2. The van der Waals surface area contributed by atoms with E-state index < -0.39 is 42.6 Å². The first-order chi connectivity index (χ1) is 14.3. The second kappa shape index (κ2) is 7.56. The largest absolute Gasteiger partial charge is 0.394 e. The minimum Gasteiger partial charge on any atom is -0.394 e. The number of aromatic nitrogens is 2. The van der Waals surface area contributed by atoms with Gasteiger partial charge in [-0.15, -0.1) is 0 Å². The number of amides is 1. The third kappa shape index (κ3) is 3.45. The average Bonchev–Trinajstić information content (AvgIpc) is 2.96. The van der Waals surface area contributed by atoms with E-state index in [0.29, 0.717) is 10.1 Å². The van der Waals surface area contributed by atoms with Crippen LogP contribution in [0, 0.1) is 0 Å². The molecule has 8 nitrogen and oxygen atoms in total. The van der Waals surface area contributed by atoms with Crippen LogP contribution in [-0.2, 0) is 4.74 Å². The number of aliphatic hydroxyl groups excluding tert-OH is 2. The lowest BCUT2D eigenvalue weighted by Crippen LogP contribution is -2.41. The summed E-state index contributed by atoms with van der Waals surface area (Å²) >= 11 is 0. The molecule has 0 aliphatic carbocycles. The molecule has 3 aromatic rings. The molecule has 1 saturated heterocycles. The molecule has 0 spiro atoms. The Morgan fingerprint density at radius 1 is 1.20 bits per heavy atom. The van der Waals surface area contributed by atoms with Crippen molar-refractivity contribution in [3.63, 3.8) is 0 Å². The van der Waals surface area contributed by atoms with Gasteiger partial charge in [0.05, 0.1) is 6.61 Å². The summed E-state index contributed by atoms with van der Waals surface area (Å²) in [4.78, 5) is 28.3. The van der Waals surface area contributed by atoms with Crippen molar-refractivity contribution >= 4 is 22.5 Å². The third-order valence-electron chi connectivity index (χ3n) is 4.90. The van der Waals surface area contributed by atoms with Crippen molar-refractivity contribution in [2.75, 3.05) is 11.9 Å². The van der Waals surface area contributed by atoms with E-state index in [4.69, 9.17) is 9.84 Å². The van der Waals surface area contributed by atoms with Crippen molar-refractivity contribution < 1.29 is 28.5 Å². The van der Waals surface area contributed by atoms with Crippen molar-refractivity contribution in [3.05, 3.63) is 70.8 Å². The Morgan fingerprint density at radius 3 is 2.60 bits per heavy atom. The number of hydrogen-bond acceptors (Lipinski definition) is 6. The van der Waals surface area contributed by atoms with Crippen LogP contribution in [0.2, 0.25) is 0 Å². The molecule has 156 valence electrons. The zero-order valence-corrected chi connectivity index (χ0v) is 15.4. The second-order valence-corrected chi connectivity index (χ2v) is 6.85. The van der Waals surface area contributed by atoms with Crippen molar-refractivity contribution in [2.45, 2.75) is 24.4 Å². The predicted molar refractivity (Wildman–Crippen MR) is 102 cm³/mol. The van der Waals surface area contributed by atoms with Crippen molar-refractivity contribution in [2.24, 2.45) is 0 Å². The van der Waals surface area contributed by atoms with Gasteiger partial charge in [0.25, 0.3) is 5.91 Å². The maximum absolute atomic E-state index is 14.2. The summed E-state index contributed by atoms with van der Waals surface area (Å²) < 4.78 is 33.9. The average molecular weight is 417 g/mol. The maximum Gasteiger partial charge on any atom is 0.351 e. The fourth-order valence-corrected chi connectivity index (χ4v) is 3.30. The van der Waals surface area contributed by atoms with E-state index in [0.717, 1.165) is 17.0 Å². The quantitative estimate of drug-likeness (QED) is 0.594. The number of alkyl halides is 2. The molecule has 1 aliphatic rings. The molecular weight excluding hydrogens is 400 g/mol. The fraction of sp³-hybridized carbons (Fsp3) is 0.250. The van der Waals surface area contributed by atoms with E-state index in [1.807, 2.05) is 24.3 Å². The molecule has 3 N–H and O–H groups in total. The van der Waals surface area contributed by atoms with Crippen LogP contribution in [0.5, 0.6) is 0 Å². The number of aliphatic hydroxyl groups is 2. The smallest absolute Gasteiger partial charge is 0.351 e. The summed E-state index contributed by atoms with van der Waals surface area (Å²) in [6, 6.07) is 13.7. The summed E-state index contributed by atoms with van der Waals surface area (Å²) in [7, 11) is 0. The zero-order chi connectivity index (χ0) is 21.5. The number of nitrogens with zero attached hydrogens (tertiary/aromatic N) is 2. The van der Waals surface area contributed by atoms with E-state index in [-0.39, 0.29) is 5.82 Å². The van der Waals surface area contributed by atoms with Crippen LogP contribution < -0.4 is 11.0 Å². The van der Waals surface area contributed by atoms with Gasteiger partial charge in [0.2, 0.25) is 6.23 Å². The molecule has 1 amide bonds. The van der Waals surface area contributed by atoms with E-state index >= 15 is 0 Å². The Morgan fingerprint density at radius 2 is 1.93 bits per heavy atom. The van der Waals surface area contributed by atoms with Gasteiger partial charge in [-0.3, -0.25) is 9.36 Å². The first-order valence-corrected chi connectivity index (χ1v) is 9.03. The molecule has 0 radical (unpaired) electrons. The van der Waals surface area contributed by atoms with Gasteiger partial charge in [0.15, 0.2) is 6.10 Å². The van der Waals surface area contributed by atoms with Gasteiger partial charge in [0.1, 0.15) is 11.9 Å². The standard InChI is InChI=1S/C20H17F2N3O5/c21-20(22)16(27)14(10-26)30-18(20)25-8-7-15(24-19(25)29)23-17(28)13-6-5-11-3-1-2-4-12(11)9-13/h1-9,14,16,18,26-27H,10H2,(H,23,24,28,29). The highest BCUT2D eigenvalue weighted by Crippen LogP contribution is 2.41. The molecule has 0 bridgehead atoms. The summed E-state index contributed by atoms with van der Waals surface area (Å²) in [5.74, 6) is -4.46. The van der Waals surface area contributed by atoms with Gasteiger partial charge in [-0.05, 0) is 29.0 Å². The van der Waals surface area contributed by atoms with Crippen LogP contribution >= 0.6 is 0 Å². The number of halogens is 2. The SMILES string of the molecule is O=C(Nc1ccn(C2OC(CO)C(O)C2(F)F)c(=O)n1)c1ccc2ccccc2c1. The van der Waals surface area contributed by atoms with Crippen LogP contribution in [-0.4, -0.2) is 50.4 Å². The van der Waals surface area contributed by atoms with Crippen LogP contribution in [0.4, 0.5) is 14.6 Å².